The second-order valence-corrected chi connectivity index (χ2v) is 2.49. The molecular formula is C8H8N4O2. The number of benzene rings is 1. The molecular weight excluding hydrogens is 184 g/mol. The van der Waals surface area contributed by atoms with Gasteiger partial charge in [-0.2, -0.15) is 0 Å². The van der Waals surface area contributed by atoms with E-state index < -0.39 is 5.97 Å². The summed E-state index contributed by atoms with van der Waals surface area (Å²) < 4.78 is 4.50. The van der Waals surface area contributed by atoms with E-state index in [1.165, 1.54) is 25.3 Å². The molecule has 0 aliphatic carbocycles. The zero-order valence-electron chi connectivity index (χ0n) is 7.47. The van der Waals surface area contributed by atoms with Crippen molar-refractivity contribution in [2.75, 3.05) is 12.8 Å². The van der Waals surface area contributed by atoms with Crippen molar-refractivity contribution in [3.05, 3.63) is 34.2 Å². The number of nitrogen functional groups attached to an aromatic ring is 1. The maximum Gasteiger partial charge on any atom is 0.337 e. The summed E-state index contributed by atoms with van der Waals surface area (Å²) in [5.74, 6) is -0.522. The van der Waals surface area contributed by atoms with E-state index in [1.54, 1.807) is 0 Å². The van der Waals surface area contributed by atoms with Crippen molar-refractivity contribution in [3.63, 3.8) is 0 Å². The number of ether oxygens (including phenoxy) is 1. The molecule has 14 heavy (non-hydrogen) atoms. The van der Waals surface area contributed by atoms with E-state index in [4.69, 9.17) is 11.3 Å². The van der Waals surface area contributed by atoms with Crippen molar-refractivity contribution in [1.82, 2.24) is 0 Å². The predicted octanol–water partition coefficient (Wildman–Crippen LogP) is 2.00. The van der Waals surface area contributed by atoms with Gasteiger partial charge in [0, 0.05) is 16.3 Å². The molecule has 2 N–H and O–H groups in total. The Hall–Kier alpha value is -2.20. The molecule has 0 unspecified atom stereocenters. The second kappa shape index (κ2) is 4.15. The van der Waals surface area contributed by atoms with Crippen molar-refractivity contribution < 1.29 is 9.53 Å². The number of azide groups is 1. The molecule has 6 heteroatoms. The average Bonchev–Trinajstić information content (AvgIpc) is 2.16. The standard InChI is InChI=1S/C8H8N4O2/c1-14-8(13)5-2-6(9)4-7(3-5)11-12-10/h2-4H,9H2,1H3. The number of carbonyl (C=O) groups excluding carboxylic acids is 1. The number of nitrogens with two attached hydrogens (primary N) is 1. The Morgan fingerprint density at radius 1 is 1.57 bits per heavy atom. The lowest BCUT2D eigenvalue weighted by Crippen LogP contribution is -2.01. The molecule has 72 valence electrons. The van der Waals surface area contributed by atoms with Crippen molar-refractivity contribution in [2.45, 2.75) is 0 Å². The van der Waals surface area contributed by atoms with Crippen LogP contribution in [0.15, 0.2) is 23.3 Å². The molecule has 1 aromatic rings. The number of hydrogen-bond acceptors (Lipinski definition) is 4. The minimum atomic E-state index is -0.522. The zero-order chi connectivity index (χ0) is 10.6. The Morgan fingerprint density at radius 2 is 2.29 bits per heavy atom. The molecule has 0 saturated heterocycles. The lowest BCUT2D eigenvalue weighted by molar-refractivity contribution is 0.0601. The number of nitrogens with zero attached hydrogens (tertiary/aromatic N) is 3. The molecule has 0 saturated carbocycles. The number of rotatable bonds is 2. The van der Waals surface area contributed by atoms with Gasteiger partial charge in [-0.15, -0.1) is 0 Å². The lowest BCUT2D eigenvalue weighted by atomic mass is 10.2. The molecule has 1 aromatic carbocycles. The molecule has 0 radical (unpaired) electrons. The fraction of sp³-hybridized carbons (Fsp3) is 0.125. The van der Waals surface area contributed by atoms with Gasteiger partial charge in [0.05, 0.1) is 12.7 Å². The highest BCUT2D eigenvalue weighted by atomic mass is 16.5. The van der Waals surface area contributed by atoms with Crippen LogP contribution in [-0.4, -0.2) is 13.1 Å². The number of hydrogen-bond donors (Lipinski definition) is 1. The predicted molar refractivity (Wildman–Crippen MR) is 51.0 cm³/mol. The average molecular weight is 192 g/mol. The van der Waals surface area contributed by atoms with Crippen LogP contribution in [-0.2, 0) is 4.74 Å². The summed E-state index contributed by atoms with van der Waals surface area (Å²) in [5, 5.41) is 3.34. The number of carbonyl (C=O) groups is 1. The van der Waals surface area contributed by atoms with Crippen molar-refractivity contribution in [2.24, 2.45) is 5.11 Å². The first kappa shape index (κ1) is 9.88. The van der Waals surface area contributed by atoms with Crippen LogP contribution < -0.4 is 5.73 Å². The van der Waals surface area contributed by atoms with Crippen LogP contribution in [0.3, 0.4) is 0 Å². The summed E-state index contributed by atoms with van der Waals surface area (Å²) in [4.78, 5) is 13.7. The summed E-state index contributed by atoms with van der Waals surface area (Å²) in [5.41, 5.74) is 14.6. The molecule has 0 aliphatic rings. The topological polar surface area (TPSA) is 101 Å². The van der Waals surface area contributed by atoms with Gasteiger partial charge in [0.25, 0.3) is 0 Å². The smallest absolute Gasteiger partial charge is 0.337 e. The van der Waals surface area contributed by atoms with Crippen LogP contribution in [0.5, 0.6) is 0 Å². The van der Waals surface area contributed by atoms with Gasteiger partial charge in [-0.25, -0.2) is 4.79 Å². The van der Waals surface area contributed by atoms with Crippen LogP contribution in [0, 0.1) is 0 Å². The maximum atomic E-state index is 11.1. The Morgan fingerprint density at radius 3 is 2.86 bits per heavy atom. The Balaban J connectivity index is 3.19. The molecule has 1 rings (SSSR count). The van der Waals surface area contributed by atoms with Crippen LogP contribution >= 0.6 is 0 Å². The van der Waals surface area contributed by atoms with Crippen LogP contribution in [0.2, 0.25) is 0 Å². The van der Waals surface area contributed by atoms with E-state index in [0.717, 1.165) is 0 Å². The third-order valence-electron chi connectivity index (χ3n) is 1.52. The summed E-state index contributed by atoms with van der Waals surface area (Å²) in [6.07, 6.45) is 0. The minimum absolute atomic E-state index is 0.259. The highest BCUT2D eigenvalue weighted by molar-refractivity contribution is 5.91. The highest BCUT2D eigenvalue weighted by Crippen LogP contribution is 2.19. The summed E-state index contributed by atoms with van der Waals surface area (Å²) in [6, 6.07) is 4.32. The van der Waals surface area contributed by atoms with Crippen molar-refractivity contribution in [3.8, 4) is 0 Å². The van der Waals surface area contributed by atoms with Gasteiger partial charge in [-0.05, 0) is 23.7 Å². The number of anilines is 1. The molecule has 0 aromatic heterocycles. The Labute approximate surface area is 79.9 Å². The molecule has 0 atom stereocenters. The van der Waals surface area contributed by atoms with Gasteiger partial charge in [-0.3, -0.25) is 0 Å². The van der Waals surface area contributed by atoms with E-state index in [9.17, 15) is 4.79 Å². The first-order valence-electron chi connectivity index (χ1n) is 3.71. The SMILES string of the molecule is COC(=O)c1cc(N)cc(N=[N+]=[N-])c1. The first-order valence-corrected chi connectivity index (χ1v) is 3.71. The Kier molecular flexibility index (Phi) is 2.93. The second-order valence-electron chi connectivity index (χ2n) is 2.49. The van der Waals surface area contributed by atoms with E-state index in [2.05, 4.69) is 14.8 Å². The van der Waals surface area contributed by atoms with E-state index in [0.29, 0.717) is 5.69 Å². The van der Waals surface area contributed by atoms with Gasteiger partial charge in [-0.1, -0.05) is 5.11 Å². The quantitative estimate of drug-likeness (QED) is 0.255. The van der Waals surface area contributed by atoms with Crippen molar-refractivity contribution >= 4 is 17.3 Å². The molecule has 0 spiro atoms. The summed E-state index contributed by atoms with van der Waals surface area (Å²) >= 11 is 0. The molecule has 0 bridgehead atoms. The highest BCUT2D eigenvalue weighted by Gasteiger charge is 2.06. The molecule has 0 fully saturated rings. The fourth-order valence-corrected chi connectivity index (χ4v) is 0.980. The lowest BCUT2D eigenvalue weighted by Gasteiger charge is -2.01. The monoisotopic (exact) mass is 192 g/mol. The van der Waals surface area contributed by atoms with Gasteiger partial charge in [0.2, 0.25) is 0 Å². The maximum absolute atomic E-state index is 11.1. The van der Waals surface area contributed by atoms with E-state index in [1.807, 2.05) is 0 Å². The van der Waals surface area contributed by atoms with Crippen molar-refractivity contribution in [1.29, 1.82) is 0 Å². The van der Waals surface area contributed by atoms with Gasteiger partial charge in [0.15, 0.2) is 0 Å². The van der Waals surface area contributed by atoms with Crippen LogP contribution in [0.4, 0.5) is 11.4 Å². The molecule has 0 heterocycles. The number of esters is 1. The molecule has 6 nitrogen and oxygen atoms in total. The third-order valence-corrected chi connectivity index (χ3v) is 1.52. The summed E-state index contributed by atoms with van der Waals surface area (Å²) in [7, 11) is 1.26. The van der Waals surface area contributed by atoms with Gasteiger partial charge in [0.1, 0.15) is 0 Å². The summed E-state index contributed by atoms with van der Waals surface area (Å²) in [6.45, 7) is 0. The fourth-order valence-electron chi connectivity index (χ4n) is 0.980. The molecule has 0 amide bonds. The Bertz CT molecular complexity index is 410. The number of methoxy groups -OCH3 is 1. The molecule has 0 aliphatic heterocycles. The van der Waals surface area contributed by atoms with Crippen LogP contribution in [0.1, 0.15) is 10.4 Å². The minimum Gasteiger partial charge on any atom is -0.465 e. The van der Waals surface area contributed by atoms with E-state index in [-0.39, 0.29) is 11.3 Å². The third kappa shape index (κ3) is 2.15. The zero-order valence-corrected chi connectivity index (χ0v) is 7.47. The first-order chi connectivity index (χ1) is 6.67. The van der Waals surface area contributed by atoms with Crippen LogP contribution in [0.25, 0.3) is 10.4 Å². The normalized spacial score (nSPS) is 8.93. The largest absolute Gasteiger partial charge is 0.465 e. The van der Waals surface area contributed by atoms with E-state index >= 15 is 0 Å². The van der Waals surface area contributed by atoms with Gasteiger partial charge < -0.3 is 10.5 Å². The van der Waals surface area contributed by atoms with Gasteiger partial charge >= 0.3 is 5.97 Å².